The highest BCUT2D eigenvalue weighted by Gasteiger charge is 2.29. The van der Waals surface area contributed by atoms with Crippen LogP contribution in [0, 0.1) is 0 Å². The predicted octanol–water partition coefficient (Wildman–Crippen LogP) is 4.45. The van der Waals surface area contributed by atoms with Crippen molar-refractivity contribution in [2.75, 3.05) is 17.4 Å². The molecule has 0 fully saturated rings. The molecule has 3 aromatic carbocycles. The molecule has 160 valence electrons. The highest BCUT2D eigenvalue weighted by molar-refractivity contribution is 7.92. The van der Waals surface area contributed by atoms with Crippen LogP contribution in [0.25, 0.3) is 0 Å². The van der Waals surface area contributed by atoms with Crippen molar-refractivity contribution in [3.05, 3.63) is 94.5 Å². The minimum absolute atomic E-state index is 0.156. The molecule has 5 nitrogen and oxygen atoms in total. The Morgan fingerprint density at radius 2 is 1.74 bits per heavy atom. The van der Waals surface area contributed by atoms with Crippen LogP contribution in [0.1, 0.15) is 27.9 Å². The molecule has 3 aromatic rings. The van der Waals surface area contributed by atoms with Crippen molar-refractivity contribution in [1.82, 2.24) is 5.32 Å². The summed E-state index contributed by atoms with van der Waals surface area (Å²) in [6.45, 7) is 0.942. The Morgan fingerprint density at radius 1 is 1.00 bits per heavy atom. The number of fused-ring (bicyclic) bond motifs is 1. The van der Waals surface area contributed by atoms with Gasteiger partial charge in [-0.3, -0.25) is 9.10 Å². The molecular formula is C24H23ClN2O3S. The topological polar surface area (TPSA) is 66.5 Å². The summed E-state index contributed by atoms with van der Waals surface area (Å²) in [5.74, 6) is -0.156. The zero-order valence-corrected chi connectivity index (χ0v) is 18.5. The van der Waals surface area contributed by atoms with Gasteiger partial charge >= 0.3 is 0 Å². The summed E-state index contributed by atoms with van der Waals surface area (Å²) in [6.07, 6.45) is 2.18. The zero-order chi connectivity index (χ0) is 21.8. The van der Waals surface area contributed by atoms with Crippen molar-refractivity contribution in [3.63, 3.8) is 0 Å². The smallest absolute Gasteiger partial charge is 0.264 e. The predicted molar refractivity (Wildman–Crippen MR) is 123 cm³/mol. The highest BCUT2D eigenvalue weighted by atomic mass is 35.5. The number of hydrogen-bond donors (Lipinski definition) is 1. The number of nitrogens with one attached hydrogen (secondary N) is 1. The minimum Gasteiger partial charge on any atom is -0.352 e. The molecule has 7 heteroatoms. The van der Waals surface area contributed by atoms with Crippen LogP contribution in [0.5, 0.6) is 0 Å². The van der Waals surface area contributed by atoms with Gasteiger partial charge in [-0.05, 0) is 72.9 Å². The lowest BCUT2D eigenvalue weighted by Crippen LogP contribution is -2.35. The van der Waals surface area contributed by atoms with Crippen molar-refractivity contribution >= 4 is 33.2 Å². The van der Waals surface area contributed by atoms with Gasteiger partial charge in [0.1, 0.15) is 0 Å². The molecule has 31 heavy (non-hydrogen) atoms. The number of sulfonamides is 1. The van der Waals surface area contributed by atoms with Crippen molar-refractivity contribution in [2.24, 2.45) is 0 Å². The van der Waals surface area contributed by atoms with Gasteiger partial charge in [0.05, 0.1) is 10.6 Å². The summed E-state index contributed by atoms with van der Waals surface area (Å²) in [4.78, 5) is 12.8. The molecule has 0 unspecified atom stereocenters. The van der Waals surface area contributed by atoms with Crippen LogP contribution < -0.4 is 9.62 Å². The Labute approximate surface area is 187 Å². The van der Waals surface area contributed by atoms with Crippen molar-refractivity contribution in [2.45, 2.75) is 24.2 Å². The van der Waals surface area contributed by atoms with Crippen LogP contribution in [-0.4, -0.2) is 27.4 Å². The van der Waals surface area contributed by atoms with E-state index in [0.29, 0.717) is 35.8 Å². The molecule has 4 rings (SSSR count). The van der Waals surface area contributed by atoms with Gasteiger partial charge in [0.2, 0.25) is 0 Å². The second-order valence-corrected chi connectivity index (χ2v) is 9.77. The monoisotopic (exact) mass is 454 g/mol. The van der Waals surface area contributed by atoms with E-state index >= 15 is 0 Å². The van der Waals surface area contributed by atoms with E-state index in [1.165, 1.54) is 16.4 Å². The van der Waals surface area contributed by atoms with Crippen LogP contribution in [0.4, 0.5) is 5.69 Å². The number of anilines is 1. The van der Waals surface area contributed by atoms with Crippen molar-refractivity contribution in [3.8, 4) is 0 Å². The highest BCUT2D eigenvalue weighted by Crippen LogP contribution is 2.33. The summed E-state index contributed by atoms with van der Waals surface area (Å²) in [5, 5.41) is 3.43. The number of amides is 1. The fourth-order valence-corrected chi connectivity index (χ4v) is 5.42. The van der Waals surface area contributed by atoms with Gasteiger partial charge in [0.25, 0.3) is 15.9 Å². The largest absolute Gasteiger partial charge is 0.352 e. The second kappa shape index (κ2) is 9.12. The van der Waals surface area contributed by atoms with E-state index in [0.717, 1.165) is 24.0 Å². The first kappa shape index (κ1) is 21.4. The summed E-state index contributed by atoms with van der Waals surface area (Å²) >= 11 is 5.90. The van der Waals surface area contributed by atoms with Crippen LogP contribution in [0.3, 0.4) is 0 Å². The van der Waals surface area contributed by atoms with Crippen molar-refractivity contribution in [1.29, 1.82) is 0 Å². The van der Waals surface area contributed by atoms with Gasteiger partial charge in [-0.2, -0.15) is 0 Å². The molecule has 1 amide bonds. The van der Waals surface area contributed by atoms with E-state index in [1.54, 1.807) is 30.3 Å². The van der Waals surface area contributed by atoms with E-state index in [1.807, 2.05) is 30.3 Å². The third-order valence-corrected chi connectivity index (χ3v) is 7.44. The maximum absolute atomic E-state index is 13.2. The number of aryl methyl sites for hydroxylation is 1. The fraction of sp³-hybridized carbons (Fsp3) is 0.208. The molecule has 0 spiro atoms. The van der Waals surface area contributed by atoms with E-state index in [-0.39, 0.29) is 10.8 Å². The SMILES string of the molecule is O=C(NCCc1ccccc1)c1ccc2c(c1)CCCN2S(=O)(=O)c1ccc(Cl)cc1. The Morgan fingerprint density at radius 3 is 2.48 bits per heavy atom. The molecule has 0 aromatic heterocycles. The average Bonchev–Trinajstić information content (AvgIpc) is 2.79. The quantitative estimate of drug-likeness (QED) is 0.598. The third-order valence-electron chi connectivity index (χ3n) is 5.36. The molecule has 1 aliphatic rings. The summed E-state index contributed by atoms with van der Waals surface area (Å²) in [6, 6.07) is 21.4. The number of hydrogen-bond acceptors (Lipinski definition) is 3. The molecule has 0 saturated carbocycles. The molecule has 1 heterocycles. The summed E-state index contributed by atoms with van der Waals surface area (Å²) in [5.41, 5.74) is 3.19. The normalized spacial score (nSPS) is 13.5. The molecule has 0 radical (unpaired) electrons. The van der Waals surface area contributed by atoms with Gasteiger partial charge in [0.15, 0.2) is 0 Å². The molecule has 0 saturated heterocycles. The Kier molecular flexibility index (Phi) is 6.30. The number of nitrogens with zero attached hydrogens (tertiary/aromatic N) is 1. The van der Waals surface area contributed by atoms with E-state index < -0.39 is 10.0 Å². The lowest BCUT2D eigenvalue weighted by molar-refractivity contribution is 0.0954. The van der Waals surface area contributed by atoms with Gasteiger partial charge in [-0.1, -0.05) is 41.9 Å². The number of carbonyl (C=O) groups is 1. The Bertz CT molecular complexity index is 1180. The first-order valence-electron chi connectivity index (χ1n) is 10.2. The zero-order valence-electron chi connectivity index (χ0n) is 16.9. The van der Waals surface area contributed by atoms with Crippen LogP contribution >= 0.6 is 11.6 Å². The van der Waals surface area contributed by atoms with Gasteiger partial charge in [-0.25, -0.2) is 8.42 Å². The fourth-order valence-electron chi connectivity index (χ4n) is 3.75. The molecule has 0 bridgehead atoms. The number of halogens is 1. The van der Waals surface area contributed by atoms with Gasteiger partial charge in [0, 0.05) is 23.7 Å². The maximum Gasteiger partial charge on any atom is 0.264 e. The van der Waals surface area contributed by atoms with E-state index in [9.17, 15) is 13.2 Å². The second-order valence-electron chi connectivity index (χ2n) is 7.47. The van der Waals surface area contributed by atoms with Gasteiger partial charge in [-0.15, -0.1) is 0 Å². The van der Waals surface area contributed by atoms with Crippen molar-refractivity contribution < 1.29 is 13.2 Å². The van der Waals surface area contributed by atoms with Gasteiger partial charge < -0.3 is 5.32 Å². The molecular weight excluding hydrogens is 432 g/mol. The average molecular weight is 455 g/mol. The number of rotatable bonds is 6. The molecule has 0 aliphatic carbocycles. The lowest BCUT2D eigenvalue weighted by Gasteiger charge is -2.30. The van der Waals surface area contributed by atoms with Crippen LogP contribution in [0.2, 0.25) is 5.02 Å². The van der Waals surface area contributed by atoms with E-state index in [2.05, 4.69) is 5.32 Å². The Hall–Kier alpha value is -2.83. The molecule has 0 atom stereocenters. The summed E-state index contributed by atoms with van der Waals surface area (Å²) in [7, 11) is -3.70. The van der Waals surface area contributed by atoms with Crippen LogP contribution in [0.15, 0.2) is 77.7 Å². The lowest BCUT2D eigenvalue weighted by atomic mass is 10.0. The summed E-state index contributed by atoms with van der Waals surface area (Å²) < 4.78 is 27.7. The van der Waals surface area contributed by atoms with E-state index in [4.69, 9.17) is 11.6 Å². The standard InChI is InChI=1S/C24H23ClN2O3S/c25-21-9-11-22(12-10-21)31(29,30)27-16-4-7-19-17-20(8-13-23(19)27)24(28)26-15-14-18-5-2-1-3-6-18/h1-3,5-6,8-13,17H,4,7,14-16H2,(H,26,28). The minimum atomic E-state index is -3.70. The number of carbonyl (C=O) groups excluding carboxylic acids is 1. The third kappa shape index (κ3) is 4.75. The first-order valence-corrected chi connectivity index (χ1v) is 12.0. The molecule has 1 aliphatic heterocycles. The number of benzene rings is 3. The van der Waals surface area contributed by atoms with Crippen LogP contribution in [-0.2, 0) is 22.9 Å². The first-order chi connectivity index (χ1) is 14.9. The Balaban J connectivity index is 1.50. The molecule has 1 N–H and O–H groups in total. The maximum atomic E-state index is 13.2.